The normalized spacial score (nSPS) is 16.0. The van der Waals surface area contributed by atoms with Gasteiger partial charge in [0.1, 0.15) is 16.6 Å². The average Bonchev–Trinajstić information content (AvgIpc) is 3.45. The van der Waals surface area contributed by atoms with Gasteiger partial charge in [0.15, 0.2) is 0 Å². The fourth-order valence-electron chi connectivity index (χ4n) is 3.43. The summed E-state index contributed by atoms with van der Waals surface area (Å²) in [6.45, 7) is 0. The molecule has 3 heterocycles. The van der Waals surface area contributed by atoms with Gasteiger partial charge >= 0.3 is 6.18 Å². The number of alkyl halides is 3. The summed E-state index contributed by atoms with van der Waals surface area (Å²) in [6, 6.07) is 5.58. The van der Waals surface area contributed by atoms with Crippen LogP contribution in [0.25, 0.3) is 28.1 Å². The Balaban J connectivity index is 1.68. The van der Waals surface area contributed by atoms with Gasteiger partial charge in [-0.3, -0.25) is 9.55 Å². The largest absolute Gasteiger partial charge is 0.417 e. The molecule has 32 heavy (non-hydrogen) atoms. The minimum Gasteiger partial charge on any atom is -0.291 e. The quantitative estimate of drug-likeness (QED) is 0.628. The van der Waals surface area contributed by atoms with E-state index in [1.807, 2.05) is 6.07 Å². The third-order valence-electron chi connectivity index (χ3n) is 5.23. The van der Waals surface area contributed by atoms with Crippen molar-refractivity contribution in [3.63, 3.8) is 0 Å². The second kappa shape index (κ2) is 7.01. The Morgan fingerprint density at radius 1 is 1.19 bits per heavy atom. The Bertz CT molecular complexity index is 1460. The molecule has 0 unspecified atom stereocenters. The van der Waals surface area contributed by atoms with Crippen molar-refractivity contribution in [3.8, 4) is 17.5 Å². The highest BCUT2D eigenvalue weighted by molar-refractivity contribution is 7.89. The van der Waals surface area contributed by atoms with Gasteiger partial charge < -0.3 is 0 Å². The van der Waals surface area contributed by atoms with Gasteiger partial charge in [-0.15, -0.1) is 0 Å². The second-order valence-electron chi connectivity index (χ2n) is 7.49. The van der Waals surface area contributed by atoms with Gasteiger partial charge in [0.2, 0.25) is 10.0 Å². The molecule has 0 radical (unpaired) electrons. The first kappa shape index (κ1) is 20.4. The first-order valence-electron chi connectivity index (χ1n) is 9.58. The van der Waals surface area contributed by atoms with Gasteiger partial charge in [0.05, 0.1) is 22.5 Å². The maximum atomic E-state index is 13.2. The molecule has 7 nitrogen and oxygen atoms in total. The Morgan fingerprint density at radius 2 is 1.94 bits per heavy atom. The molecule has 1 saturated carbocycles. The first-order chi connectivity index (χ1) is 15.2. The van der Waals surface area contributed by atoms with Crippen LogP contribution in [0.2, 0.25) is 0 Å². The molecule has 1 N–H and O–H groups in total. The van der Waals surface area contributed by atoms with Crippen molar-refractivity contribution in [2.45, 2.75) is 30.0 Å². The summed E-state index contributed by atoms with van der Waals surface area (Å²) < 4.78 is 68.7. The lowest BCUT2D eigenvalue weighted by molar-refractivity contribution is -0.137. The highest BCUT2D eigenvalue weighted by Crippen LogP contribution is 2.38. The van der Waals surface area contributed by atoms with E-state index in [-0.39, 0.29) is 38.9 Å². The number of aromatic nitrogens is 3. The zero-order valence-electron chi connectivity index (χ0n) is 16.3. The van der Waals surface area contributed by atoms with Crippen molar-refractivity contribution < 1.29 is 21.6 Å². The molecular weight excluding hydrogens is 443 g/mol. The monoisotopic (exact) mass is 457 g/mol. The molecule has 0 bridgehead atoms. The van der Waals surface area contributed by atoms with Gasteiger partial charge in [0.25, 0.3) is 0 Å². The zero-order valence-corrected chi connectivity index (χ0v) is 17.1. The Morgan fingerprint density at radius 3 is 2.47 bits per heavy atom. The number of nitrogens with one attached hydrogen (secondary N) is 1. The van der Waals surface area contributed by atoms with Crippen molar-refractivity contribution in [2.75, 3.05) is 0 Å². The molecule has 3 aromatic heterocycles. The number of allylic oxidation sites excluding steroid dienone is 4. The molecule has 5 rings (SSSR count). The molecule has 0 amide bonds. The summed E-state index contributed by atoms with van der Waals surface area (Å²) in [5.41, 5.74) is 0.272. The Kier molecular flexibility index (Phi) is 4.47. The van der Waals surface area contributed by atoms with Crippen molar-refractivity contribution in [2.24, 2.45) is 0 Å². The van der Waals surface area contributed by atoms with E-state index < -0.39 is 21.8 Å². The van der Waals surface area contributed by atoms with Crippen LogP contribution in [0.4, 0.5) is 13.2 Å². The summed E-state index contributed by atoms with van der Waals surface area (Å²) in [5.74, 6) is 0. The van der Waals surface area contributed by atoms with E-state index in [0.29, 0.717) is 5.70 Å². The van der Waals surface area contributed by atoms with Crippen LogP contribution in [0.1, 0.15) is 24.0 Å². The van der Waals surface area contributed by atoms with Crippen LogP contribution >= 0.6 is 0 Å². The number of halogens is 3. The lowest BCUT2D eigenvalue weighted by Crippen LogP contribution is -2.25. The maximum Gasteiger partial charge on any atom is 0.417 e. The van der Waals surface area contributed by atoms with Crippen molar-refractivity contribution in [1.29, 1.82) is 5.26 Å². The van der Waals surface area contributed by atoms with Gasteiger partial charge in [-0.25, -0.2) is 18.1 Å². The van der Waals surface area contributed by atoms with Crippen molar-refractivity contribution >= 4 is 26.8 Å². The zero-order chi connectivity index (χ0) is 22.7. The molecule has 0 saturated heterocycles. The van der Waals surface area contributed by atoms with Gasteiger partial charge in [-0.05, 0) is 43.2 Å². The van der Waals surface area contributed by atoms with Gasteiger partial charge in [0, 0.05) is 29.5 Å². The van der Waals surface area contributed by atoms with E-state index in [1.165, 1.54) is 18.3 Å². The van der Waals surface area contributed by atoms with Crippen LogP contribution in [0.5, 0.6) is 0 Å². The number of hydrogen-bond donors (Lipinski definition) is 1. The van der Waals surface area contributed by atoms with Crippen LogP contribution in [0.3, 0.4) is 0 Å². The van der Waals surface area contributed by atoms with E-state index in [4.69, 9.17) is 0 Å². The van der Waals surface area contributed by atoms with Gasteiger partial charge in [-0.2, -0.15) is 18.4 Å². The Hall–Kier alpha value is -3.49. The predicted molar refractivity (Wildman–Crippen MR) is 109 cm³/mol. The van der Waals surface area contributed by atoms with E-state index in [1.54, 1.807) is 22.8 Å². The molecule has 0 spiro atoms. The molecule has 2 aliphatic carbocycles. The van der Waals surface area contributed by atoms with E-state index in [9.17, 15) is 26.9 Å². The first-order valence-corrected chi connectivity index (χ1v) is 11.1. The van der Waals surface area contributed by atoms with Crippen molar-refractivity contribution in [1.82, 2.24) is 19.3 Å². The lowest BCUT2D eigenvalue weighted by atomic mass is 10.1. The average molecular weight is 457 g/mol. The predicted octanol–water partition coefficient (Wildman–Crippen LogP) is 3.84. The van der Waals surface area contributed by atoms with Crippen LogP contribution < -0.4 is 4.72 Å². The molecule has 0 aliphatic heterocycles. The summed E-state index contributed by atoms with van der Waals surface area (Å²) in [5, 5.41) is 9.84. The molecule has 0 aromatic carbocycles. The molecule has 3 aromatic rings. The van der Waals surface area contributed by atoms with Crippen molar-refractivity contribution in [3.05, 3.63) is 59.9 Å². The lowest BCUT2D eigenvalue weighted by Gasteiger charge is -2.15. The molecule has 2 aliphatic rings. The number of nitrogens with zero attached hydrogens (tertiary/aromatic N) is 4. The summed E-state index contributed by atoms with van der Waals surface area (Å²) in [4.78, 5) is 8.18. The molecule has 1 fully saturated rings. The smallest absolute Gasteiger partial charge is 0.291 e. The number of nitriles is 1. The number of sulfonamides is 1. The molecular formula is C21H14F3N5O2S. The summed E-state index contributed by atoms with van der Waals surface area (Å²) >= 11 is 0. The fraction of sp³-hybridized carbons (Fsp3) is 0.190. The molecule has 0 atom stereocenters. The Labute approximate surface area is 180 Å². The number of rotatable bonds is 5. The molecule has 162 valence electrons. The third kappa shape index (κ3) is 3.37. The highest BCUT2D eigenvalue weighted by Gasteiger charge is 2.33. The maximum absolute atomic E-state index is 13.2. The fourth-order valence-corrected chi connectivity index (χ4v) is 4.68. The minimum atomic E-state index is -4.62. The standard InChI is InChI=1S/C21H14F3N5O2S/c22-21(23,24)12-8-16-17(9-25)19(29(14-2-1-3-14)20(16)27-10-12)18-7-6-15(11-26-18)32(30,31)28-13-4-5-13/h1-3,6-8,10-11,13,28H,4-5H2. The third-order valence-corrected chi connectivity index (χ3v) is 6.73. The van der Waals surface area contributed by atoms with E-state index >= 15 is 0 Å². The highest BCUT2D eigenvalue weighted by atomic mass is 32.2. The second-order valence-corrected chi connectivity index (χ2v) is 9.20. The van der Waals surface area contributed by atoms with Crippen LogP contribution in [-0.4, -0.2) is 29.0 Å². The van der Waals surface area contributed by atoms with Crippen LogP contribution in [-0.2, 0) is 16.2 Å². The van der Waals surface area contributed by atoms with Crippen LogP contribution in [0.15, 0.2) is 53.7 Å². The topological polar surface area (TPSA) is 101 Å². The minimum absolute atomic E-state index is 0.0287. The number of hydrogen-bond acceptors (Lipinski definition) is 5. The summed E-state index contributed by atoms with van der Waals surface area (Å²) in [6.07, 6.45) is 4.03. The summed E-state index contributed by atoms with van der Waals surface area (Å²) in [7, 11) is -3.72. The molecule has 11 heteroatoms. The van der Waals surface area contributed by atoms with E-state index in [0.717, 1.165) is 25.1 Å². The number of fused-ring (bicyclic) bond motifs is 1. The van der Waals surface area contributed by atoms with Gasteiger partial charge in [-0.1, -0.05) is 6.08 Å². The SMILES string of the molecule is N#Cc1c(-c2ccc(S(=O)(=O)NC3CC3)cn2)n(C2=CC=C2)c2ncc(C(F)(F)F)cc12. The van der Waals surface area contributed by atoms with Crippen LogP contribution in [0, 0.1) is 11.3 Å². The number of pyridine rings is 2. The van der Waals surface area contributed by atoms with E-state index in [2.05, 4.69) is 14.7 Å².